The monoisotopic (exact) mass is 576 g/mol. The molecule has 10 heteroatoms. The molecule has 180 valence electrons. The molecule has 2 aromatic rings. The number of rotatable bonds is 8. The van der Waals surface area contributed by atoms with E-state index in [1.807, 2.05) is 44.6 Å². The summed E-state index contributed by atoms with van der Waals surface area (Å²) in [5.41, 5.74) is 4.45. The molecule has 0 saturated carbocycles. The largest absolute Gasteiger partial charge is 0.354 e. The molecule has 0 bridgehead atoms. The van der Waals surface area contributed by atoms with Crippen LogP contribution in [0.4, 0.5) is 0 Å². The second-order valence-corrected chi connectivity index (χ2v) is 10.2. The maximum Gasteiger partial charge on any atom is 0.243 e. The third-order valence-corrected chi connectivity index (χ3v) is 7.61. The first kappa shape index (κ1) is 28.4. The molecule has 0 saturated heterocycles. The molecule has 1 atom stereocenters. The second kappa shape index (κ2) is 12.0. The average molecular weight is 577 g/mol. The Morgan fingerprint density at radius 3 is 2.25 bits per heavy atom. The van der Waals surface area contributed by atoms with Crippen LogP contribution >= 0.6 is 24.0 Å². The molecule has 1 heterocycles. The van der Waals surface area contributed by atoms with Gasteiger partial charge in [-0.2, -0.15) is 9.40 Å². The number of halogens is 1. The molecule has 0 radical (unpaired) electrons. The van der Waals surface area contributed by atoms with E-state index in [9.17, 15) is 8.42 Å². The maximum absolute atomic E-state index is 12.6. The van der Waals surface area contributed by atoms with Crippen molar-refractivity contribution < 1.29 is 8.42 Å². The fourth-order valence-corrected chi connectivity index (χ4v) is 4.67. The first-order valence-electron chi connectivity index (χ1n) is 10.5. The van der Waals surface area contributed by atoms with Crippen molar-refractivity contribution in [3.63, 3.8) is 0 Å². The zero-order chi connectivity index (χ0) is 23.3. The standard InChI is InChI=1S/C22H36N6O2S.HI/c1-15(2)28(8)31(29,30)20-11-9-19(10-12-20)14-24-22(23-6)25-16(3)13-21-17(4)26-27(7)18(21)5;/h9-12,15-16H,13-14H2,1-8H3,(H2,23,24,25);1H. The topological polar surface area (TPSA) is 91.6 Å². The van der Waals surface area contributed by atoms with Crippen molar-refractivity contribution in [2.24, 2.45) is 12.0 Å². The van der Waals surface area contributed by atoms with Crippen molar-refractivity contribution in [2.75, 3.05) is 14.1 Å². The fraction of sp³-hybridized carbons (Fsp3) is 0.545. The number of aromatic nitrogens is 2. The number of guanidine groups is 1. The van der Waals surface area contributed by atoms with E-state index in [0.29, 0.717) is 17.4 Å². The molecule has 0 aliphatic heterocycles. The zero-order valence-electron chi connectivity index (χ0n) is 20.3. The molecular weight excluding hydrogens is 539 g/mol. The van der Waals surface area contributed by atoms with Crippen molar-refractivity contribution in [3.8, 4) is 0 Å². The lowest BCUT2D eigenvalue weighted by Gasteiger charge is -2.21. The van der Waals surface area contributed by atoms with Gasteiger partial charge in [0.05, 0.1) is 10.6 Å². The lowest BCUT2D eigenvalue weighted by Crippen LogP contribution is -2.42. The quantitative estimate of drug-likeness (QED) is 0.287. The molecule has 0 aliphatic carbocycles. The summed E-state index contributed by atoms with van der Waals surface area (Å²) in [6.07, 6.45) is 0.849. The fourth-order valence-electron chi connectivity index (χ4n) is 3.31. The molecule has 1 unspecified atom stereocenters. The zero-order valence-corrected chi connectivity index (χ0v) is 23.4. The number of hydrogen-bond donors (Lipinski definition) is 2. The van der Waals surface area contributed by atoms with Gasteiger partial charge in [-0.3, -0.25) is 9.67 Å². The van der Waals surface area contributed by atoms with Gasteiger partial charge in [0.1, 0.15) is 0 Å². The normalized spacial score (nSPS) is 13.2. The van der Waals surface area contributed by atoms with Crippen LogP contribution in [0.15, 0.2) is 34.2 Å². The molecule has 2 N–H and O–H groups in total. The van der Waals surface area contributed by atoms with Gasteiger partial charge < -0.3 is 10.6 Å². The van der Waals surface area contributed by atoms with E-state index in [2.05, 4.69) is 34.6 Å². The Morgan fingerprint density at radius 2 is 1.78 bits per heavy atom. The lowest BCUT2D eigenvalue weighted by atomic mass is 10.1. The van der Waals surface area contributed by atoms with E-state index in [1.54, 1.807) is 26.2 Å². The first-order valence-corrected chi connectivity index (χ1v) is 11.9. The van der Waals surface area contributed by atoms with Crippen molar-refractivity contribution in [1.82, 2.24) is 24.7 Å². The Morgan fingerprint density at radius 1 is 1.19 bits per heavy atom. The van der Waals surface area contributed by atoms with E-state index in [-0.39, 0.29) is 36.1 Å². The van der Waals surface area contributed by atoms with E-state index in [0.717, 1.165) is 17.7 Å². The van der Waals surface area contributed by atoms with Gasteiger partial charge in [-0.25, -0.2) is 8.42 Å². The maximum atomic E-state index is 12.6. The van der Waals surface area contributed by atoms with Gasteiger partial charge in [0.2, 0.25) is 10.0 Å². The Kier molecular flexibility index (Phi) is 10.6. The van der Waals surface area contributed by atoms with E-state index in [1.165, 1.54) is 15.6 Å². The van der Waals surface area contributed by atoms with E-state index in [4.69, 9.17) is 0 Å². The summed E-state index contributed by atoms with van der Waals surface area (Å²) in [5.74, 6) is 0.697. The van der Waals surface area contributed by atoms with E-state index >= 15 is 0 Å². The highest BCUT2D eigenvalue weighted by atomic mass is 127. The summed E-state index contributed by atoms with van der Waals surface area (Å²) in [5, 5.41) is 11.2. The average Bonchev–Trinajstić information content (AvgIpc) is 2.96. The number of hydrogen-bond acceptors (Lipinski definition) is 4. The van der Waals surface area contributed by atoms with Crippen LogP contribution in [-0.2, 0) is 30.0 Å². The van der Waals surface area contributed by atoms with Crippen LogP contribution in [0.1, 0.15) is 43.3 Å². The Balaban J connectivity index is 0.00000512. The molecule has 0 fully saturated rings. The van der Waals surface area contributed by atoms with Gasteiger partial charge >= 0.3 is 0 Å². The molecule has 1 aromatic heterocycles. The second-order valence-electron chi connectivity index (χ2n) is 8.21. The third-order valence-electron chi connectivity index (χ3n) is 5.56. The van der Waals surface area contributed by atoms with Crippen LogP contribution in [0.3, 0.4) is 0 Å². The predicted octanol–water partition coefficient (Wildman–Crippen LogP) is 2.98. The molecular formula is C22H37IN6O2S. The van der Waals surface area contributed by atoms with Crippen LogP contribution < -0.4 is 10.6 Å². The molecule has 1 aromatic carbocycles. The highest BCUT2D eigenvalue weighted by molar-refractivity contribution is 14.0. The van der Waals surface area contributed by atoms with Crippen LogP contribution in [0, 0.1) is 13.8 Å². The number of benzene rings is 1. The predicted molar refractivity (Wildman–Crippen MR) is 141 cm³/mol. The van der Waals surface area contributed by atoms with E-state index < -0.39 is 10.0 Å². The third kappa shape index (κ3) is 6.92. The molecule has 8 nitrogen and oxygen atoms in total. The van der Waals surface area contributed by atoms with Gasteiger partial charge in [0.15, 0.2) is 5.96 Å². The summed E-state index contributed by atoms with van der Waals surface area (Å²) in [4.78, 5) is 4.60. The van der Waals surface area contributed by atoms with Gasteiger partial charge in [-0.1, -0.05) is 12.1 Å². The minimum atomic E-state index is -3.47. The summed E-state index contributed by atoms with van der Waals surface area (Å²) in [6, 6.07) is 7.03. The molecule has 0 aliphatic rings. The van der Waals surface area contributed by atoms with Crippen LogP contribution in [0.5, 0.6) is 0 Å². The van der Waals surface area contributed by atoms with Crippen molar-refractivity contribution in [2.45, 2.75) is 64.6 Å². The highest BCUT2D eigenvalue weighted by Crippen LogP contribution is 2.17. The van der Waals surface area contributed by atoms with Gasteiger partial charge in [0, 0.05) is 45.5 Å². The summed E-state index contributed by atoms with van der Waals surface area (Å²) < 4.78 is 28.5. The number of aliphatic imine (C=N–C) groups is 1. The van der Waals surface area contributed by atoms with Gasteiger partial charge in [-0.15, -0.1) is 24.0 Å². The molecule has 0 spiro atoms. The summed E-state index contributed by atoms with van der Waals surface area (Å²) >= 11 is 0. The lowest BCUT2D eigenvalue weighted by molar-refractivity contribution is 0.410. The summed E-state index contributed by atoms with van der Waals surface area (Å²) in [7, 11) is 1.82. The minimum absolute atomic E-state index is 0. The van der Waals surface area contributed by atoms with Crippen molar-refractivity contribution in [1.29, 1.82) is 0 Å². The smallest absolute Gasteiger partial charge is 0.243 e. The Hall–Kier alpha value is -1.66. The number of aryl methyl sites for hydroxylation is 2. The van der Waals surface area contributed by atoms with Crippen LogP contribution in [0.25, 0.3) is 0 Å². The number of nitrogens with one attached hydrogen (secondary N) is 2. The number of sulfonamides is 1. The van der Waals surface area contributed by atoms with Gasteiger partial charge in [-0.05, 0) is 64.3 Å². The van der Waals surface area contributed by atoms with Crippen molar-refractivity contribution in [3.05, 3.63) is 46.8 Å². The Bertz CT molecular complexity index is 1020. The number of nitrogens with zero attached hydrogens (tertiary/aromatic N) is 4. The highest BCUT2D eigenvalue weighted by Gasteiger charge is 2.22. The van der Waals surface area contributed by atoms with Crippen molar-refractivity contribution >= 4 is 40.0 Å². The molecule has 0 amide bonds. The van der Waals surface area contributed by atoms with Crippen LogP contribution in [-0.4, -0.2) is 54.6 Å². The summed E-state index contributed by atoms with van der Waals surface area (Å²) in [6.45, 7) is 10.5. The first-order chi connectivity index (χ1) is 14.5. The van der Waals surface area contributed by atoms with Crippen LogP contribution in [0.2, 0.25) is 0 Å². The minimum Gasteiger partial charge on any atom is -0.354 e. The molecule has 32 heavy (non-hydrogen) atoms. The van der Waals surface area contributed by atoms with Gasteiger partial charge in [0.25, 0.3) is 0 Å². The SMILES string of the molecule is CN=C(NCc1ccc(S(=O)(=O)N(C)C(C)C)cc1)NC(C)Cc1c(C)nn(C)c1C.I. The molecule has 2 rings (SSSR count). The Labute approximate surface area is 209 Å².